The summed E-state index contributed by atoms with van der Waals surface area (Å²) in [6.07, 6.45) is 1.97. The van der Waals surface area contributed by atoms with Crippen LogP contribution in [0.2, 0.25) is 0 Å². The summed E-state index contributed by atoms with van der Waals surface area (Å²) in [4.78, 5) is 0. The summed E-state index contributed by atoms with van der Waals surface area (Å²) < 4.78 is 16.4. The lowest BCUT2D eigenvalue weighted by molar-refractivity contribution is 0.0854. The van der Waals surface area contributed by atoms with Crippen molar-refractivity contribution in [3.05, 3.63) is 0 Å². The Morgan fingerprint density at radius 1 is 1.18 bits per heavy atom. The second kappa shape index (κ2) is 7.42. The van der Waals surface area contributed by atoms with Gasteiger partial charge in [0.1, 0.15) is 0 Å². The molecule has 0 spiro atoms. The van der Waals surface area contributed by atoms with Gasteiger partial charge in [0.15, 0.2) is 0 Å². The normalized spacial score (nSPS) is 17.8. The predicted octanol–water partition coefficient (Wildman–Crippen LogP) is -0.423. The quantitative estimate of drug-likeness (QED) is 0.489. The Balaban J connectivity index is 4.95. The molecule has 0 aliphatic heterocycles. The fourth-order valence-electron chi connectivity index (χ4n) is 2.13. The van der Waals surface area contributed by atoms with Crippen molar-refractivity contribution in [1.82, 2.24) is 0 Å². The predicted molar refractivity (Wildman–Crippen MR) is 70.3 cm³/mol. The van der Waals surface area contributed by atoms with Crippen molar-refractivity contribution in [3.63, 3.8) is 0 Å². The molecule has 2 unspecified atom stereocenters. The molecule has 0 saturated carbocycles. The minimum absolute atomic E-state index is 0.0720. The third-order valence-corrected chi connectivity index (χ3v) is 6.60. The molecule has 6 N–H and O–H groups in total. The van der Waals surface area contributed by atoms with Crippen LogP contribution in [0.5, 0.6) is 0 Å². The summed E-state index contributed by atoms with van der Waals surface area (Å²) in [5.41, 5.74) is 17.9. The van der Waals surface area contributed by atoms with E-state index in [4.69, 9.17) is 30.5 Å². The third-order valence-electron chi connectivity index (χ3n) is 3.21. The SMILES string of the molecule is CCC(N)(CC(N)CCN)[Si](OC)(OC)OC. The van der Waals surface area contributed by atoms with Crippen molar-refractivity contribution in [1.29, 1.82) is 0 Å². The molecule has 0 amide bonds. The Hall–Kier alpha value is -0.0231. The van der Waals surface area contributed by atoms with E-state index in [9.17, 15) is 0 Å². The second-order valence-corrected chi connectivity index (χ2v) is 7.55. The summed E-state index contributed by atoms with van der Waals surface area (Å²) >= 11 is 0. The summed E-state index contributed by atoms with van der Waals surface area (Å²) in [6, 6.07) is -0.0720. The van der Waals surface area contributed by atoms with E-state index < -0.39 is 14.0 Å². The van der Waals surface area contributed by atoms with Crippen LogP contribution in [0.3, 0.4) is 0 Å². The standard InChI is InChI=1S/C10H27N3O3Si/c1-5-10(13,8-9(12)6-7-11)17(14-2,15-3)16-4/h9H,5-8,11-13H2,1-4H3. The minimum Gasteiger partial charge on any atom is -0.376 e. The maximum atomic E-state index is 6.41. The van der Waals surface area contributed by atoms with Crippen molar-refractivity contribution >= 4 is 8.80 Å². The highest BCUT2D eigenvalue weighted by Crippen LogP contribution is 2.28. The first-order chi connectivity index (χ1) is 7.95. The van der Waals surface area contributed by atoms with Gasteiger partial charge in [-0.2, -0.15) is 0 Å². The van der Waals surface area contributed by atoms with E-state index in [1.807, 2.05) is 6.92 Å². The number of nitrogens with two attached hydrogens (primary N) is 3. The van der Waals surface area contributed by atoms with Gasteiger partial charge < -0.3 is 30.5 Å². The molecule has 17 heavy (non-hydrogen) atoms. The average Bonchev–Trinajstić information content (AvgIpc) is 2.32. The molecule has 0 saturated heterocycles. The zero-order valence-corrected chi connectivity index (χ0v) is 12.4. The Kier molecular flexibility index (Phi) is 7.41. The van der Waals surface area contributed by atoms with Crippen LogP contribution in [-0.2, 0) is 13.3 Å². The molecule has 104 valence electrons. The first-order valence-corrected chi connectivity index (χ1v) is 7.57. The van der Waals surface area contributed by atoms with E-state index >= 15 is 0 Å². The zero-order chi connectivity index (χ0) is 13.5. The van der Waals surface area contributed by atoms with Crippen molar-refractivity contribution in [3.8, 4) is 0 Å². The number of hydrogen-bond acceptors (Lipinski definition) is 6. The van der Waals surface area contributed by atoms with Crippen molar-refractivity contribution in [2.45, 2.75) is 37.4 Å². The van der Waals surface area contributed by atoms with Crippen LogP contribution in [0.1, 0.15) is 26.2 Å². The van der Waals surface area contributed by atoms with Gasteiger partial charge in [-0.3, -0.25) is 0 Å². The molecule has 7 heteroatoms. The van der Waals surface area contributed by atoms with E-state index in [0.29, 0.717) is 19.4 Å². The molecule has 0 aliphatic rings. The lowest BCUT2D eigenvalue weighted by Crippen LogP contribution is -2.70. The van der Waals surface area contributed by atoms with Gasteiger partial charge in [0.2, 0.25) is 0 Å². The molecule has 2 atom stereocenters. The highest BCUT2D eigenvalue weighted by molar-refractivity contribution is 6.64. The Morgan fingerprint density at radius 2 is 1.65 bits per heavy atom. The molecule has 0 rings (SSSR count). The summed E-state index contributed by atoms with van der Waals surface area (Å²) in [7, 11) is 1.78. The van der Waals surface area contributed by atoms with E-state index in [2.05, 4.69) is 0 Å². The van der Waals surface area contributed by atoms with Crippen LogP contribution in [0.15, 0.2) is 0 Å². The highest BCUT2D eigenvalue weighted by Gasteiger charge is 2.56. The molecule has 6 nitrogen and oxygen atoms in total. The van der Waals surface area contributed by atoms with E-state index in [1.54, 1.807) is 21.3 Å². The molecule has 0 aliphatic carbocycles. The van der Waals surface area contributed by atoms with Gasteiger partial charge >= 0.3 is 8.80 Å². The zero-order valence-electron chi connectivity index (χ0n) is 11.4. The van der Waals surface area contributed by atoms with Gasteiger partial charge in [-0.1, -0.05) is 6.92 Å². The van der Waals surface area contributed by atoms with E-state index in [-0.39, 0.29) is 6.04 Å². The van der Waals surface area contributed by atoms with Crippen LogP contribution < -0.4 is 17.2 Å². The maximum absolute atomic E-state index is 6.41. The number of hydrogen-bond donors (Lipinski definition) is 3. The highest BCUT2D eigenvalue weighted by atomic mass is 28.4. The van der Waals surface area contributed by atoms with Gasteiger partial charge in [-0.15, -0.1) is 0 Å². The van der Waals surface area contributed by atoms with Crippen LogP contribution >= 0.6 is 0 Å². The van der Waals surface area contributed by atoms with Gasteiger partial charge in [0.05, 0.1) is 5.16 Å². The second-order valence-electron chi connectivity index (χ2n) is 4.22. The monoisotopic (exact) mass is 265 g/mol. The van der Waals surface area contributed by atoms with E-state index in [0.717, 1.165) is 6.42 Å². The fraction of sp³-hybridized carbons (Fsp3) is 1.00. The molecule has 0 heterocycles. The lowest BCUT2D eigenvalue weighted by atomic mass is 10.0. The topological polar surface area (TPSA) is 106 Å². The first kappa shape index (κ1) is 17.0. The third kappa shape index (κ3) is 3.72. The smallest absolute Gasteiger partial charge is 0.376 e. The molecule has 0 aromatic rings. The van der Waals surface area contributed by atoms with Crippen LogP contribution in [0, 0.1) is 0 Å². The van der Waals surface area contributed by atoms with Gasteiger partial charge in [-0.05, 0) is 25.8 Å². The Bertz CT molecular complexity index is 209. The van der Waals surface area contributed by atoms with E-state index in [1.165, 1.54) is 0 Å². The molecule has 0 bridgehead atoms. The van der Waals surface area contributed by atoms with Gasteiger partial charge in [0, 0.05) is 27.4 Å². The molecular formula is C10H27N3O3Si. The van der Waals surface area contributed by atoms with Gasteiger partial charge in [0.25, 0.3) is 0 Å². The molecule has 0 aromatic heterocycles. The van der Waals surface area contributed by atoms with Crippen molar-refractivity contribution in [2.75, 3.05) is 27.9 Å². The van der Waals surface area contributed by atoms with Crippen molar-refractivity contribution < 1.29 is 13.3 Å². The maximum Gasteiger partial charge on any atom is 0.521 e. The molecule has 0 fully saturated rings. The van der Waals surface area contributed by atoms with Crippen LogP contribution in [-0.4, -0.2) is 47.9 Å². The largest absolute Gasteiger partial charge is 0.521 e. The summed E-state index contributed by atoms with van der Waals surface area (Å²) in [6.45, 7) is 2.52. The molecule has 0 aromatic carbocycles. The lowest BCUT2D eigenvalue weighted by Gasteiger charge is -2.41. The summed E-state index contributed by atoms with van der Waals surface area (Å²) in [5, 5.41) is -0.681. The van der Waals surface area contributed by atoms with Crippen molar-refractivity contribution in [2.24, 2.45) is 17.2 Å². The number of rotatable bonds is 9. The van der Waals surface area contributed by atoms with Gasteiger partial charge in [-0.25, -0.2) is 0 Å². The Morgan fingerprint density at radius 3 is 1.94 bits per heavy atom. The Labute approximate surface area is 105 Å². The average molecular weight is 265 g/mol. The summed E-state index contributed by atoms with van der Waals surface area (Å²) in [5.74, 6) is 0. The van der Waals surface area contributed by atoms with Crippen LogP contribution in [0.25, 0.3) is 0 Å². The first-order valence-electron chi connectivity index (χ1n) is 5.85. The fourth-order valence-corrected chi connectivity index (χ4v) is 4.79. The molecule has 0 radical (unpaired) electrons. The van der Waals surface area contributed by atoms with Crippen LogP contribution in [0.4, 0.5) is 0 Å². The molecular weight excluding hydrogens is 238 g/mol. The minimum atomic E-state index is -2.91.